The fourth-order valence-electron chi connectivity index (χ4n) is 10.6. The number of benzene rings is 12. The van der Waals surface area contributed by atoms with E-state index in [4.69, 9.17) is 4.42 Å². The quantitative estimate of drug-likeness (QED) is 0.134. The van der Waals surface area contributed by atoms with Crippen LogP contribution in [0.15, 0.2) is 277 Å². The molecule has 0 aliphatic rings. The average molecular weight is 892 g/mol. The van der Waals surface area contributed by atoms with E-state index in [9.17, 15) is 0 Å². The van der Waals surface area contributed by atoms with E-state index in [0.29, 0.717) is 0 Å². The zero-order valence-corrected chi connectivity index (χ0v) is 38.3. The van der Waals surface area contributed by atoms with Gasteiger partial charge in [-0.15, -0.1) is 0 Å². The molecule has 13 rings (SSSR count). The topological polar surface area (TPSA) is 16.4 Å². The Morgan fingerprint density at radius 1 is 0.257 bits per heavy atom. The lowest BCUT2D eigenvalue weighted by molar-refractivity contribution is 0.670. The van der Waals surface area contributed by atoms with Crippen LogP contribution >= 0.6 is 0 Å². The maximum absolute atomic E-state index is 6.82. The van der Waals surface area contributed by atoms with Gasteiger partial charge in [0.25, 0.3) is 0 Å². The molecule has 0 aliphatic carbocycles. The van der Waals surface area contributed by atoms with Crippen molar-refractivity contribution in [3.63, 3.8) is 0 Å². The van der Waals surface area contributed by atoms with Gasteiger partial charge in [0, 0.05) is 38.5 Å². The summed E-state index contributed by atoms with van der Waals surface area (Å²) in [6.07, 6.45) is 0. The molecule has 1 aromatic heterocycles. The van der Waals surface area contributed by atoms with E-state index in [1.807, 2.05) is 6.07 Å². The molecule has 12 aromatic carbocycles. The Hall–Kier alpha value is -9.24. The van der Waals surface area contributed by atoms with Crippen LogP contribution in [0.4, 0.5) is 17.1 Å². The van der Waals surface area contributed by atoms with Crippen molar-refractivity contribution in [1.29, 1.82) is 0 Å². The highest BCUT2D eigenvalue weighted by Crippen LogP contribution is 2.53. The molecule has 0 atom stereocenters. The third-order valence-corrected chi connectivity index (χ3v) is 13.9. The summed E-state index contributed by atoms with van der Waals surface area (Å²) >= 11 is 0. The molecule has 328 valence electrons. The minimum Gasteiger partial charge on any atom is -0.455 e. The van der Waals surface area contributed by atoms with Crippen LogP contribution in [-0.4, -0.2) is 0 Å². The molecule has 70 heavy (non-hydrogen) atoms. The summed E-state index contributed by atoms with van der Waals surface area (Å²) in [5, 5.41) is 6.94. The number of fused-ring (bicyclic) bond motifs is 6. The second-order valence-corrected chi connectivity index (χ2v) is 17.9. The Balaban J connectivity index is 1.13. The molecule has 0 spiro atoms. The van der Waals surface area contributed by atoms with Crippen LogP contribution in [0.25, 0.3) is 110 Å². The van der Waals surface area contributed by atoms with Crippen LogP contribution in [0.1, 0.15) is 0 Å². The highest BCUT2D eigenvalue weighted by Gasteiger charge is 2.27. The maximum Gasteiger partial charge on any atom is 0.143 e. The molecule has 0 fully saturated rings. The van der Waals surface area contributed by atoms with Crippen molar-refractivity contribution in [2.45, 2.75) is 0 Å². The smallest absolute Gasteiger partial charge is 0.143 e. The first-order valence-electron chi connectivity index (χ1n) is 24.0. The maximum atomic E-state index is 6.82. The molecule has 1 heterocycles. The van der Waals surface area contributed by atoms with E-state index in [1.54, 1.807) is 0 Å². The van der Waals surface area contributed by atoms with Crippen LogP contribution in [0.5, 0.6) is 0 Å². The number of rotatable bonds is 9. The second kappa shape index (κ2) is 17.4. The molecule has 2 nitrogen and oxygen atoms in total. The summed E-state index contributed by atoms with van der Waals surface area (Å²) < 4.78 is 6.82. The van der Waals surface area contributed by atoms with Crippen molar-refractivity contribution >= 4 is 60.5 Å². The fraction of sp³-hybridized carbons (Fsp3) is 0. The van der Waals surface area contributed by atoms with Crippen molar-refractivity contribution < 1.29 is 4.42 Å². The van der Waals surface area contributed by atoms with E-state index < -0.39 is 0 Å². The Morgan fingerprint density at radius 2 is 0.743 bits per heavy atom. The molecule has 0 bridgehead atoms. The highest BCUT2D eigenvalue weighted by atomic mass is 16.3. The van der Waals surface area contributed by atoms with Crippen molar-refractivity contribution in [3.05, 3.63) is 273 Å². The van der Waals surface area contributed by atoms with Gasteiger partial charge in [-0.05, 0) is 96.6 Å². The number of anilines is 3. The third kappa shape index (κ3) is 7.13. The summed E-state index contributed by atoms with van der Waals surface area (Å²) in [4.78, 5) is 2.53. The lowest BCUT2D eigenvalue weighted by Gasteiger charge is -2.33. The van der Waals surface area contributed by atoms with E-state index in [2.05, 4.69) is 272 Å². The van der Waals surface area contributed by atoms with Crippen LogP contribution in [0.3, 0.4) is 0 Å². The predicted molar refractivity (Wildman–Crippen MR) is 296 cm³/mol. The number of furan rings is 1. The second-order valence-electron chi connectivity index (χ2n) is 17.9. The standard InChI is InChI=1S/C68H45NO/c1-4-20-46(21-5-1)48-38-40-50(41-39-48)54-43-42-53(45-63(54)49-24-8-3-9-25-49)69(64-36-16-14-30-57(64)61-34-19-35-62-58-31-15-17-37-65(58)70-68(61)62)67-60-33-13-11-29-56(60)55-28-10-12-32-59(55)66(67)52-27-18-26-51(44-52)47-22-6-2-7-23-47/h1-45H. The van der Waals surface area contributed by atoms with Crippen LogP contribution in [0.2, 0.25) is 0 Å². The summed E-state index contributed by atoms with van der Waals surface area (Å²) in [5.41, 5.74) is 18.7. The zero-order chi connectivity index (χ0) is 46.4. The lowest BCUT2D eigenvalue weighted by atomic mass is 9.88. The number of hydrogen-bond acceptors (Lipinski definition) is 2. The van der Waals surface area contributed by atoms with Gasteiger partial charge < -0.3 is 9.32 Å². The Bertz CT molecular complexity index is 4040. The van der Waals surface area contributed by atoms with Gasteiger partial charge in [-0.3, -0.25) is 0 Å². The van der Waals surface area contributed by atoms with Crippen molar-refractivity contribution in [2.75, 3.05) is 4.90 Å². The van der Waals surface area contributed by atoms with Crippen LogP contribution < -0.4 is 4.90 Å². The Labute approximate surface area is 407 Å². The van der Waals surface area contributed by atoms with Gasteiger partial charge in [-0.1, -0.05) is 243 Å². The first-order valence-corrected chi connectivity index (χ1v) is 24.0. The van der Waals surface area contributed by atoms with Crippen molar-refractivity contribution in [1.82, 2.24) is 0 Å². The zero-order valence-electron chi connectivity index (χ0n) is 38.3. The first kappa shape index (κ1) is 41.0. The summed E-state index contributed by atoms with van der Waals surface area (Å²) in [6, 6.07) is 98.9. The predicted octanol–water partition coefficient (Wildman–Crippen LogP) is 19.4. The minimum absolute atomic E-state index is 0.870. The lowest BCUT2D eigenvalue weighted by Crippen LogP contribution is -2.14. The highest BCUT2D eigenvalue weighted by molar-refractivity contribution is 6.23. The van der Waals surface area contributed by atoms with E-state index in [0.717, 1.165) is 88.9 Å². The van der Waals surface area contributed by atoms with E-state index in [-0.39, 0.29) is 0 Å². The number of hydrogen-bond donors (Lipinski definition) is 0. The molecule has 0 amide bonds. The molecular formula is C68H45NO. The number of nitrogens with zero attached hydrogens (tertiary/aromatic N) is 1. The van der Waals surface area contributed by atoms with Gasteiger partial charge in [0.2, 0.25) is 0 Å². The summed E-state index contributed by atoms with van der Waals surface area (Å²) in [6.45, 7) is 0. The Morgan fingerprint density at radius 3 is 1.49 bits per heavy atom. The van der Waals surface area contributed by atoms with E-state index in [1.165, 1.54) is 38.4 Å². The fourth-order valence-corrected chi connectivity index (χ4v) is 10.6. The molecule has 0 N–H and O–H groups in total. The summed E-state index contributed by atoms with van der Waals surface area (Å²) in [7, 11) is 0. The van der Waals surface area contributed by atoms with Crippen molar-refractivity contribution in [2.24, 2.45) is 0 Å². The van der Waals surface area contributed by atoms with Gasteiger partial charge in [0.05, 0.1) is 11.4 Å². The molecule has 0 aliphatic heterocycles. The molecule has 0 unspecified atom stereocenters. The molecule has 0 saturated carbocycles. The molecule has 13 aromatic rings. The summed E-state index contributed by atoms with van der Waals surface area (Å²) in [5.74, 6) is 0. The van der Waals surface area contributed by atoms with Gasteiger partial charge in [-0.25, -0.2) is 0 Å². The average Bonchev–Trinajstić information content (AvgIpc) is 3.83. The number of para-hydroxylation sites is 3. The normalized spacial score (nSPS) is 11.4. The molecule has 0 saturated heterocycles. The van der Waals surface area contributed by atoms with E-state index >= 15 is 0 Å². The van der Waals surface area contributed by atoms with Crippen LogP contribution in [0, 0.1) is 0 Å². The largest absolute Gasteiger partial charge is 0.455 e. The van der Waals surface area contributed by atoms with Gasteiger partial charge >= 0.3 is 0 Å². The monoisotopic (exact) mass is 891 g/mol. The SMILES string of the molecule is c1ccc(-c2ccc(-c3ccc(N(c4ccccc4-c4cccc5c4oc4ccccc45)c4c(-c5cccc(-c6ccccc6)c5)c5ccccc5c5ccccc45)cc3-c3ccccc3)cc2)cc1. The van der Waals surface area contributed by atoms with Crippen LogP contribution in [-0.2, 0) is 0 Å². The van der Waals surface area contributed by atoms with Gasteiger partial charge in [-0.2, -0.15) is 0 Å². The Kier molecular flexibility index (Phi) is 10.2. The molecule has 0 radical (unpaired) electrons. The van der Waals surface area contributed by atoms with Gasteiger partial charge in [0.15, 0.2) is 0 Å². The minimum atomic E-state index is 0.870. The van der Waals surface area contributed by atoms with Crippen molar-refractivity contribution in [3.8, 4) is 66.8 Å². The molecule has 2 heteroatoms. The first-order chi connectivity index (χ1) is 34.7. The third-order valence-electron chi connectivity index (χ3n) is 13.9. The molecular weight excluding hydrogens is 847 g/mol. The van der Waals surface area contributed by atoms with Gasteiger partial charge in [0.1, 0.15) is 11.2 Å².